The Morgan fingerprint density at radius 1 is 1.04 bits per heavy atom. The first-order valence-corrected chi connectivity index (χ1v) is 8.66. The number of nitrogens with one attached hydrogen (secondary N) is 1. The minimum atomic E-state index is -0.307. The van der Waals surface area contributed by atoms with Crippen molar-refractivity contribution in [3.63, 3.8) is 0 Å². The number of amides is 1. The van der Waals surface area contributed by atoms with Gasteiger partial charge in [0.25, 0.3) is 5.91 Å². The number of hydrogen-bond acceptors (Lipinski definition) is 5. The summed E-state index contributed by atoms with van der Waals surface area (Å²) in [7, 11) is 1.53. The second kappa shape index (κ2) is 8.70. The van der Waals surface area contributed by atoms with Crippen LogP contribution in [0.25, 0.3) is 11.3 Å². The van der Waals surface area contributed by atoms with Crippen molar-refractivity contribution in [3.05, 3.63) is 64.6 Å². The second-order valence-corrected chi connectivity index (χ2v) is 6.29. The molecule has 2 aromatic carbocycles. The molecule has 0 fully saturated rings. The summed E-state index contributed by atoms with van der Waals surface area (Å²) < 4.78 is 10.4. The van der Waals surface area contributed by atoms with E-state index in [1.165, 1.54) is 7.11 Å². The zero-order chi connectivity index (χ0) is 19.2. The lowest BCUT2D eigenvalue weighted by Crippen LogP contribution is -2.20. The molecule has 0 radical (unpaired) electrons. The first-order valence-electron chi connectivity index (χ1n) is 7.91. The number of aromatic nitrogens is 2. The number of anilines is 1. The highest BCUT2D eigenvalue weighted by Gasteiger charge is 2.08. The number of rotatable bonds is 6. The molecule has 0 bridgehead atoms. The van der Waals surface area contributed by atoms with Crippen LogP contribution in [0.15, 0.2) is 54.6 Å². The lowest BCUT2D eigenvalue weighted by Gasteiger charge is -2.09. The molecular weight excluding hydrogens is 389 g/mol. The largest absolute Gasteiger partial charge is 0.482 e. The maximum Gasteiger partial charge on any atom is 0.262 e. The van der Waals surface area contributed by atoms with Gasteiger partial charge >= 0.3 is 0 Å². The summed E-state index contributed by atoms with van der Waals surface area (Å²) in [4.78, 5) is 12.0. The molecular formula is C19H15Cl2N3O3. The van der Waals surface area contributed by atoms with Gasteiger partial charge in [-0.3, -0.25) is 4.79 Å². The normalized spacial score (nSPS) is 10.3. The number of carbonyl (C=O) groups excluding carboxylic acids is 1. The number of ether oxygens (including phenoxy) is 2. The Kier molecular flexibility index (Phi) is 6.11. The summed E-state index contributed by atoms with van der Waals surface area (Å²) in [5.41, 5.74) is 2.21. The zero-order valence-electron chi connectivity index (χ0n) is 14.3. The van der Waals surface area contributed by atoms with E-state index in [0.29, 0.717) is 33.1 Å². The van der Waals surface area contributed by atoms with Crippen LogP contribution < -0.4 is 14.8 Å². The van der Waals surface area contributed by atoms with Crippen LogP contribution in [-0.2, 0) is 4.79 Å². The molecule has 0 aliphatic carbocycles. The predicted molar refractivity (Wildman–Crippen MR) is 105 cm³/mol. The molecule has 0 aliphatic heterocycles. The molecule has 1 aromatic heterocycles. The fourth-order valence-corrected chi connectivity index (χ4v) is 2.70. The van der Waals surface area contributed by atoms with Crippen LogP contribution >= 0.6 is 23.2 Å². The standard InChI is InChI=1S/C19H15Cl2N3O3/c1-26-19-9-7-16(23-24-19)12-2-5-14(6-3-12)22-18(25)11-27-17-8-4-13(20)10-15(17)21/h2-10H,11H2,1H3,(H,22,25). The molecule has 0 saturated carbocycles. The second-order valence-electron chi connectivity index (χ2n) is 5.45. The van der Waals surface area contributed by atoms with E-state index in [1.807, 2.05) is 18.2 Å². The Labute approximate surface area is 166 Å². The highest BCUT2D eigenvalue weighted by atomic mass is 35.5. The summed E-state index contributed by atoms with van der Waals surface area (Å²) in [5, 5.41) is 11.6. The van der Waals surface area contributed by atoms with Gasteiger partial charge in [-0.1, -0.05) is 35.3 Å². The predicted octanol–water partition coefficient (Wildman–Crippen LogP) is 4.48. The van der Waals surface area contributed by atoms with Crippen molar-refractivity contribution in [2.24, 2.45) is 0 Å². The Bertz CT molecular complexity index is 932. The Hall–Kier alpha value is -2.83. The van der Waals surface area contributed by atoms with Crippen LogP contribution in [-0.4, -0.2) is 29.8 Å². The van der Waals surface area contributed by atoms with Gasteiger partial charge in [0.2, 0.25) is 5.88 Å². The van der Waals surface area contributed by atoms with Crippen LogP contribution in [0, 0.1) is 0 Å². The van der Waals surface area contributed by atoms with Gasteiger partial charge in [-0.05, 0) is 36.4 Å². The van der Waals surface area contributed by atoms with Gasteiger partial charge in [0.15, 0.2) is 6.61 Å². The number of methoxy groups -OCH3 is 1. The minimum Gasteiger partial charge on any atom is -0.482 e. The summed E-state index contributed by atoms with van der Waals surface area (Å²) in [5.74, 6) is 0.533. The van der Waals surface area contributed by atoms with E-state index in [2.05, 4.69) is 15.5 Å². The van der Waals surface area contributed by atoms with E-state index in [-0.39, 0.29) is 12.5 Å². The maximum absolute atomic E-state index is 12.0. The van der Waals surface area contributed by atoms with Gasteiger partial charge in [0, 0.05) is 22.3 Å². The van der Waals surface area contributed by atoms with Crippen LogP contribution in [0.2, 0.25) is 10.0 Å². The van der Waals surface area contributed by atoms with Crippen molar-refractivity contribution in [1.29, 1.82) is 0 Å². The van der Waals surface area contributed by atoms with Crippen LogP contribution in [0.5, 0.6) is 11.6 Å². The van der Waals surface area contributed by atoms with Crippen molar-refractivity contribution in [1.82, 2.24) is 10.2 Å². The van der Waals surface area contributed by atoms with E-state index < -0.39 is 0 Å². The molecule has 138 valence electrons. The van der Waals surface area contributed by atoms with Gasteiger partial charge < -0.3 is 14.8 Å². The lowest BCUT2D eigenvalue weighted by molar-refractivity contribution is -0.118. The number of halogens is 2. The summed E-state index contributed by atoms with van der Waals surface area (Å²) in [6.07, 6.45) is 0. The fourth-order valence-electron chi connectivity index (χ4n) is 2.24. The van der Waals surface area contributed by atoms with Crippen molar-refractivity contribution < 1.29 is 14.3 Å². The molecule has 0 aliphatic rings. The number of benzene rings is 2. The third-order valence-electron chi connectivity index (χ3n) is 3.57. The zero-order valence-corrected chi connectivity index (χ0v) is 15.8. The average Bonchev–Trinajstić information content (AvgIpc) is 2.68. The van der Waals surface area contributed by atoms with Gasteiger partial charge in [-0.25, -0.2) is 0 Å². The molecule has 1 N–H and O–H groups in total. The summed E-state index contributed by atoms with van der Waals surface area (Å²) >= 11 is 11.8. The van der Waals surface area contributed by atoms with E-state index in [9.17, 15) is 4.79 Å². The Morgan fingerprint density at radius 2 is 1.81 bits per heavy atom. The van der Waals surface area contributed by atoms with E-state index in [4.69, 9.17) is 32.7 Å². The van der Waals surface area contributed by atoms with Crippen LogP contribution in [0.1, 0.15) is 0 Å². The molecule has 8 heteroatoms. The minimum absolute atomic E-state index is 0.174. The highest BCUT2D eigenvalue weighted by molar-refractivity contribution is 6.35. The monoisotopic (exact) mass is 403 g/mol. The van der Waals surface area contributed by atoms with Crippen molar-refractivity contribution >= 4 is 34.8 Å². The highest BCUT2D eigenvalue weighted by Crippen LogP contribution is 2.27. The molecule has 6 nitrogen and oxygen atoms in total. The Morgan fingerprint density at radius 3 is 2.44 bits per heavy atom. The molecule has 3 rings (SSSR count). The van der Waals surface area contributed by atoms with Gasteiger partial charge in [-0.15, -0.1) is 10.2 Å². The summed E-state index contributed by atoms with van der Waals surface area (Å²) in [6.45, 7) is -0.174. The first-order chi connectivity index (χ1) is 13.0. The topological polar surface area (TPSA) is 73.3 Å². The summed E-state index contributed by atoms with van der Waals surface area (Å²) in [6, 6.07) is 15.6. The van der Waals surface area contributed by atoms with E-state index in [1.54, 1.807) is 36.4 Å². The third kappa shape index (κ3) is 5.09. The van der Waals surface area contributed by atoms with E-state index in [0.717, 1.165) is 5.56 Å². The quantitative estimate of drug-likeness (QED) is 0.656. The van der Waals surface area contributed by atoms with Gasteiger partial charge in [0.1, 0.15) is 5.75 Å². The number of carbonyl (C=O) groups is 1. The SMILES string of the molecule is COc1ccc(-c2ccc(NC(=O)COc3ccc(Cl)cc3Cl)cc2)nn1. The molecule has 0 saturated heterocycles. The van der Waals surface area contributed by atoms with Crippen molar-refractivity contribution in [2.45, 2.75) is 0 Å². The first kappa shape index (κ1) is 18.9. The maximum atomic E-state index is 12.0. The molecule has 1 heterocycles. The molecule has 1 amide bonds. The molecule has 27 heavy (non-hydrogen) atoms. The Balaban J connectivity index is 1.57. The average molecular weight is 404 g/mol. The number of hydrogen-bond donors (Lipinski definition) is 1. The molecule has 0 atom stereocenters. The lowest BCUT2D eigenvalue weighted by atomic mass is 10.1. The molecule has 3 aromatic rings. The smallest absolute Gasteiger partial charge is 0.262 e. The van der Waals surface area contributed by atoms with E-state index >= 15 is 0 Å². The van der Waals surface area contributed by atoms with Gasteiger partial charge in [0.05, 0.1) is 17.8 Å². The van der Waals surface area contributed by atoms with Gasteiger partial charge in [-0.2, -0.15) is 0 Å². The number of nitrogens with zero attached hydrogens (tertiary/aromatic N) is 2. The molecule has 0 spiro atoms. The third-order valence-corrected chi connectivity index (χ3v) is 4.10. The fraction of sp³-hybridized carbons (Fsp3) is 0.105. The van der Waals surface area contributed by atoms with Crippen molar-refractivity contribution in [2.75, 3.05) is 19.0 Å². The van der Waals surface area contributed by atoms with Crippen LogP contribution in [0.4, 0.5) is 5.69 Å². The van der Waals surface area contributed by atoms with Crippen LogP contribution in [0.3, 0.4) is 0 Å². The van der Waals surface area contributed by atoms with Crippen molar-refractivity contribution in [3.8, 4) is 22.9 Å². The molecule has 0 unspecified atom stereocenters.